The highest BCUT2D eigenvalue weighted by atomic mass is 16.5. The van der Waals surface area contributed by atoms with E-state index >= 15 is 0 Å². The predicted octanol–water partition coefficient (Wildman–Crippen LogP) is 1.20. The lowest BCUT2D eigenvalue weighted by Crippen LogP contribution is -2.45. The van der Waals surface area contributed by atoms with E-state index in [0.29, 0.717) is 18.1 Å². The maximum absolute atomic E-state index is 9.22. The molecule has 1 aliphatic heterocycles. The third-order valence-corrected chi connectivity index (χ3v) is 3.77. The number of nitrogens with zero attached hydrogens (tertiary/aromatic N) is 2. The van der Waals surface area contributed by atoms with E-state index in [1.165, 1.54) is 5.56 Å². The Labute approximate surface area is 118 Å². The minimum Gasteiger partial charge on any atom is -0.474 e. The Morgan fingerprint density at radius 1 is 1.50 bits per heavy atom. The number of nitriles is 1. The number of rotatable bonds is 3. The van der Waals surface area contributed by atoms with Gasteiger partial charge in [-0.3, -0.25) is 0 Å². The van der Waals surface area contributed by atoms with Crippen molar-refractivity contribution in [2.24, 2.45) is 0 Å². The molecule has 3 rings (SSSR count). The summed E-state index contributed by atoms with van der Waals surface area (Å²) in [6.45, 7) is 4.11. The van der Waals surface area contributed by atoms with Gasteiger partial charge in [0.05, 0.1) is 6.10 Å². The second-order valence-corrected chi connectivity index (χ2v) is 5.45. The standard InChI is InChI=1S/C15H19N3O2/c1-10-7-17-8-13(20-10)9-19-15-12(6-16)5-11-3-2-4-14(11)18-15/h5,10,13,17H,2-4,7-9H2,1H3. The zero-order chi connectivity index (χ0) is 13.9. The van der Waals surface area contributed by atoms with Crippen molar-refractivity contribution in [2.45, 2.75) is 38.4 Å². The summed E-state index contributed by atoms with van der Waals surface area (Å²) in [4.78, 5) is 4.51. The summed E-state index contributed by atoms with van der Waals surface area (Å²) in [6, 6.07) is 4.10. The third-order valence-electron chi connectivity index (χ3n) is 3.77. The second kappa shape index (κ2) is 5.78. The first-order valence-corrected chi connectivity index (χ1v) is 7.18. The molecule has 5 nitrogen and oxygen atoms in total. The fourth-order valence-corrected chi connectivity index (χ4v) is 2.79. The van der Waals surface area contributed by atoms with Crippen LogP contribution in [0.3, 0.4) is 0 Å². The van der Waals surface area contributed by atoms with E-state index in [1.54, 1.807) is 0 Å². The van der Waals surface area contributed by atoms with Gasteiger partial charge in [0.15, 0.2) is 0 Å². The Hall–Kier alpha value is -1.64. The molecule has 1 aromatic rings. The number of hydrogen-bond donors (Lipinski definition) is 1. The van der Waals surface area contributed by atoms with Crippen LogP contribution in [0.2, 0.25) is 0 Å². The summed E-state index contributed by atoms with van der Waals surface area (Å²) < 4.78 is 11.5. The lowest BCUT2D eigenvalue weighted by atomic mass is 10.1. The van der Waals surface area contributed by atoms with E-state index in [4.69, 9.17) is 9.47 Å². The number of aryl methyl sites for hydroxylation is 2. The first kappa shape index (κ1) is 13.3. The van der Waals surface area contributed by atoms with Crippen LogP contribution in [0.4, 0.5) is 0 Å². The maximum Gasteiger partial charge on any atom is 0.232 e. The fourth-order valence-electron chi connectivity index (χ4n) is 2.79. The van der Waals surface area contributed by atoms with Crippen molar-refractivity contribution < 1.29 is 9.47 Å². The molecule has 1 aromatic heterocycles. The van der Waals surface area contributed by atoms with Gasteiger partial charge in [-0.25, -0.2) is 4.98 Å². The molecule has 2 unspecified atom stereocenters. The molecule has 2 atom stereocenters. The molecular weight excluding hydrogens is 254 g/mol. The number of fused-ring (bicyclic) bond motifs is 1. The molecule has 1 aliphatic carbocycles. The minimum absolute atomic E-state index is 0.0142. The molecule has 1 saturated heterocycles. The van der Waals surface area contributed by atoms with Crippen LogP contribution < -0.4 is 10.1 Å². The second-order valence-electron chi connectivity index (χ2n) is 5.45. The third kappa shape index (κ3) is 2.77. The highest BCUT2D eigenvalue weighted by Crippen LogP contribution is 2.26. The molecule has 0 spiro atoms. The average Bonchev–Trinajstić information content (AvgIpc) is 2.91. The predicted molar refractivity (Wildman–Crippen MR) is 73.7 cm³/mol. The van der Waals surface area contributed by atoms with Gasteiger partial charge in [-0.15, -0.1) is 0 Å². The van der Waals surface area contributed by atoms with E-state index < -0.39 is 0 Å². The molecule has 1 N–H and O–H groups in total. The van der Waals surface area contributed by atoms with Crippen LogP contribution in [-0.2, 0) is 17.6 Å². The first-order valence-electron chi connectivity index (χ1n) is 7.18. The summed E-state index contributed by atoms with van der Waals surface area (Å²) in [7, 11) is 0. The SMILES string of the molecule is CC1CNCC(COc2nc3c(cc2C#N)CCC3)O1. The van der Waals surface area contributed by atoms with Gasteiger partial charge in [0.1, 0.15) is 24.3 Å². The van der Waals surface area contributed by atoms with Crippen molar-refractivity contribution in [1.82, 2.24) is 10.3 Å². The van der Waals surface area contributed by atoms with Gasteiger partial charge in [-0.2, -0.15) is 5.26 Å². The number of morpholine rings is 1. The van der Waals surface area contributed by atoms with Gasteiger partial charge >= 0.3 is 0 Å². The molecule has 2 heterocycles. The Morgan fingerprint density at radius 2 is 2.40 bits per heavy atom. The smallest absolute Gasteiger partial charge is 0.232 e. The van der Waals surface area contributed by atoms with Crippen LogP contribution in [0.1, 0.15) is 30.2 Å². The van der Waals surface area contributed by atoms with Gasteiger partial charge in [0.25, 0.3) is 0 Å². The van der Waals surface area contributed by atoms with E-state index in [2.05, 4.69) is 16.4 Å². The van der Waals surface area contributed by atoms with E-state index in [-0.39, 0.29) is 12.2 Å². The quantitative estimate of drug-likeness (QED) is 0.896. The molecule has 0 bridgehead atoms. The monoisotopic (exact) mass is 273 g/mol. The van der Waals surface area contributed by atoms with Crippen LogP contribution in [0.15, 0.2) is 6.07 Å². The number of pyridine rings is 1. The summed E-state index contributed by atoms with van der Waals surface area (Å²) >= 11 is 0. The van der Waals surface area contributed by atoms with E-state index in [0.717, 1.165) is 38.0 Å². The van der Waals surface area contributed by atoms with Gasteiger partial charge in [0.2, 0.25) is 5.88 Å². The number of ether oxygens (including phenoxy) is 2. The lowest BCUT2D eigenvalue weighted by Gasteiger charge is -2.28. The zero-order valence-electron chi connectivity index (χ0n) is 11.7. The van der Waals surface area contributed by atoms with Crippen LogP contribution in [0.5, 0.6) is 5.88 Å². The largest absolute Gasteiger partial charge is 0.474 e. The number of aromatic nitrogens is 1. The summed E-state index contributed by atoms with van der Waals surface area (Å²) in [5, 5.41) is 12.5. The Bertz CT molecular complexity index is 539. The van der Waals surface area contributed by atoms with Gasteiger partial charge < -0.3 is 14.8 Å². The molecule has 106 valence electrons. The highest BCUT2D eigenvalue weighted by molar-refractivity contribution is 5.44. The molecular formula is C15H19N3O2. The summed E-state index contributed by atoms with van der Waals surface area (Å²) in [5.41, 5.74) is 2.80. The normalized spacial score (nSPS) is 25.0. The van der Waals surface area contributed by atoms with E-state index in [9.17, 15) is 5.26 Å². The van der Waals surface area contributed by atoms with Crippen LogP contribution >= 0.6 is 0 Å². The summed E-state index contributed by atoms with van der Waals surface area (Å²) in [6.07, 6.45) is 3.32. The highest BCUT2D eigenvalue weighted by Gasteiger charge is 2.21. The summed E-state index contributed by atoms with van der Waals surface area (Å²) in [5.74, 6) is 0.454. The molecule has 0 aromatic carbocycles. The first-order chi connectivity index (χ1) is 9.76. The van der Waals surface area contributed by atoms with Crippen LogP contribution in [0, 0.1) is 11.3 Å². The van der Waals surface area contributed by atoms with Crippen molar-refractivity contribution in [2.75, 3.05) is 19.7 Å². The number of nitrogens with one attached hydrogen (secondary N) is 1. The van der Waals surface area contributed by atoms with Crippen molar-refractivity contribution >= 4 is 0 Å². The van der Waals surface area contributed by atoms with Crippen LogP contribution in [-0.4, -0.2) is 36.9 Å². The van der Waals surface area contributed by atoms with Gasteiger partial charge in [0, 0.05) is 18.8 Å². The Morgan fingerprint density at radius 3 is 3.20 bits per heavy atom. The molecule has 2 aliphatic rings. The molecule has 0 amide bonds. The molecule has 1 fully saturated rings. The van der Waals surface area contributed by atoms with Crippen LogP contribution in [0.25, 0.3) is 0 Å². The molecule has 0 saturated carbocycles. The lowest BCUT2D eigenvalue weighted by molar-refractivity contribution is -0.0477. The number of hydrogen-bond acceptors (Lipinski definition) is 5. The van der Waals surface area contributed by atoms with E-state index in [1.807, 2.05) is 13.0 Å². The Kier molecular flexibility index (Phi) is 3.86. The van der Waals surface area contributed by atoms with Crippen molar-refractivity contribution in [3.05, 3.63) is 22.9 Å². The zero-order valence-corrected chi connectivity index (χ0v) is 11.7. The van der Waals surface area contributed by atoms with Gasteiger partial charge in [-0.05, 0) is 37.8 Å². The molecule has 0 radical (unpaired) electrons. The Balaban J connectivity index is 1.69. The maximum atomic E-state index is 9.22. The fraction of sp³-hybridized carbons (Fsp3) is 0.600. The molecule has 20 heavy (non-hydrogen) atoms. The topological polar surface area (TPSA) is 67.2 Å². The minimum atomic E-state index is 0.0142. The van der Waals surface area contributed by atoms with Gasteiger partial charge in [-0.1, -0.05) is 0 Å². The van der Waals surface area contributed by atoms with Crippen molar-refractivity contribution in [3.63, 3.8) is 0 Å². The van der Waals surface area contributed by atoms with Crippen molar-refractivity contribution in [1.29, 1.82) is 5.26 Å². The average molecular weight is 273 g/mol. The molecule has 5 heteroatoms. The van der Waals surface area contributed by atoms with Crippen molar-refractivity contribution in [3.8, 4) is 11.9 Å².